The van der Waals surface area contributed by atoms with Crippen molar-refractivity contribution in [2.75, 3.05) is 31.7 Å². The maximum atomic E-state index is 11.4. The molecule has 2 heterocycles. The van der Waals surface area contributed by atoms with Gasteiger partial charge in [0.05, 0.1) is 25.0 Å². The van der Waals surface area contributed by atoms with Gasteiger partial charge in [-0.3, -0.25) is 4.90 Å². The average molecular weight is 337 g/mol. The van der Waals surface area contributed by atoms with Gasteiger partial charge in [0.1, 0.15) is 9.84 Å². The van der Waals surface area contributed by atoms with Gasteiger partial charge in [-0.05, 0) is 0 Å². The maximum Gasteiger partial charge on any atom is 0.241 e. The van der Waals surface area contributed by atoms with Gasteiger partial charge in [0.15, 0.2) is 0 Å². The van der Waals surface area contributed by atoms with Gasteiger partial charge in [-0.25, -0.2) is 8.42 Å². The van der Waals surface area contributed by atoms with Gasteiger partial charge in [0, 0.05) is 24.9 Å². The molecule has 0 bridgehead atoms. The van der Waals surface area contributed by atoms with Crippen molar-refractivity contribution in [3.8, 4) is 11.4 Å². The Morgan fingerprint density at radius 1 is 1.30 bits per heavy atom. The lowest BCUT2D eigenvalue weighted by Crippen LogP contribution is -2.44. The summed E-state index contributed by atoms with van der Waals surface area (Å²) in [6.07, 6.45) is 0.912. The van der Waals surface area contributed by atoms with Crippen LogP contribution in [0.2, 0.25) is 0 Å². The predicted octanol–water partition coefficient (Wildman–Crippen LogP) is 0.982. The SMILES string of the molecule is CS(=O)(=O)CC1CN(Cc2nc(-c3ccccc3)no2)CCO1. The van der Waals surface area contributed by atoms with E-state index in [2.05, 4.69) is 15.0 Å². The number of sulfone groups is 1. The highest BCUT2D eigenvalue weighted by atomic mass is 32.2. The molecule has 0 N–H and O–H groups in total. The molecule has 1 saturated heterocycles. The first-order valence-corrected chi connectivity index (χ1v) is 9.45. The third-order valence-corrected chi connectivity index (χ3v) is 4.55. The highest BCUT2D eigenvalue weighted by Crippen LogP contribution is 2.16. The zero-order valence-electron chi connectivity index (χ0n) is 12.9. The van der Waals surface area contributed by atoms with Crippen LogP contribution in [-0.2, 0) is 21.1 Å². The Morgan fingerprint density at radius 2 is 2.09 bits per heavy atom. The number of rotatable bonds is 5. The highest BCUT2D eigenvalue weighted by Gasteiger charge is 2.25. The molecule has 1 fully saturated rings. The van der Waals surface area contributed by atoms with Crippen molar-refractivity contribution in [3.05, 3.63) is 36.2 Å². The summed E-state index contributed by atoms with van der Waals surface area (Å²) in [5.74, 6) is 1.10. The van der Waals surface area contributed by atoms with E-state index >= 15 is 0 Å². The lowest BCUT2D eigenvalue weighted by molar-refractivity contribution is -0.0223. The van der Waals surface area contributed by atoms with E-state index in [4.69, 9.17) is 9.26 Å². The predicted molar refractivity (Wildman–Crippen MR) is 84.5 cm³/mol. The second-order valence-electron chi connectivity index (χ2n) is 5.70. The summed E-state index contributed by atoms with van der Waals surface area (Å²) in [7, 11) is -3.06. The van der Waals surface area contributed by atoms with E-state index in [9.17, 15) is 8.42 Å². The molecule has 7 nitrogen and oxygen atoms in total. The highest BCUT2D eigenvalue weighted by molar-refractivity contribution is 7.90. The van der Waals surface area contributed by atoms with E-state index in [0.29, 0.717) is 38.0 Å². The molecule has 1 atom stereocenters. The molecule has 1 aliphatic heterocycles. The molecule has 0 spiro atoms. The Morgan fingerprint density at radius 3 is 2.83 bits per heavy atom. The van der Waals surface area contributed by atoms with Crippen molar-refractivity contribution in [2.24, 2.45) is 0 Å². The minimum atomic E-state index is -3.06. The van der Waals surface area contributed by atoms with E-state index < -0.39 is 9.84 Å². The number of benzene rings is 1. The monoisotopic (exact) mass is 337 g/mol. The summed E-state index contributed by atoms with van der Waals surface area (Å²) in [5.41, 5.74) is 0.902. The zero-order chi connectivity index (χ0) is 16.3. The zero-order valence-corrected chi connectivity index (χ0v) is 13.7. The van der Waals surface area contributed by atoms with Crippen molar-refractivity contribution < 1.29 is 17.7 Å². The standard InChI is InChI=1S/C15H19N3O4S/c1-23(19,20)11-13-9-18(7-8-21-13)10-14-16-15(17-22-14)12-5-3-2-4-6-12/h2-6,13H,7-11H2,1H3. The van der Waals surface area contributed by atoms with Crippen LogP contribution in [-0.4, -0.2) is 61.3 Å². The fourth-order valence-electron chi connectivity index (χ4n) is 2.58. The van der Waals surface area contributed by atoms with Crippen molar-refractivity contribution >= 4 is 9.84 Å². The Balaban J connectivity index is 1.62. The average Bonchev–Trinajstić information content (AvgIpc) is 2.95. The number of ether oxygens (including phenoxy) is 1. The summed E-state index contributed by atoms with van der Waals surface area (Å²) < 4.78 is 33.6. The van der Waals surface area contributed by atoms with Gasteiger partial charge in [0.25, 0.3) is 0 Å². The van der Waals surface area contributed by atoms with E-state index in [1.807, 2.05) is 30.3 Å². The summed E-state index contributed by atoms with van der Waals surface area (Å²) >= 11 is 0. The first-order chi connectivity index (χ1) is 11.0. The summed E-state index contributed by atoms with van der Waals surface area (Å²) in [4.78, 5) is 6.47. The van der Waals surface area contributed by atoms with Gasteiger partial charge in [-0.2, -0.15) is 4.98 Å². The Bertz CT molecular complexity index is 745. The molecular formula is C15H19N3O4S. The number of aromatic nitrogens is 2. The van der Waals surface area contributed by atoms with Gasteiger partial charge in [0.2, 0.25) is 11.7 Å². The molecule has 124 valence electrons. The van der Waals surface area contributed by atoms with Crippen LogP contribution < -0.4 is 0 Å². The molecule has 2 aromatic rings. The molecule has 1 aromatic carbocycles. The first kappa shape index (κ1) is 16.1. The minimum absolute atomic E-state index is 0.0304. The molecule has 0 radical (unpaired) electrons. The smallest absolute Gasteiger partial charge is 0.241 e. The van der Waals surface area contributed by atoms with E-state index in [-0.39, 0.29) is 11.9 Å². The fourth-order valence-corrected chi connectivity index (χ4v) is 3.45. The summed E-state index contributed by atoms with van der Waals surface area (Å²) in [6.45, 7) is 2.24. The third kappa shape index (κ3) is 4.60. The first-order valence-electron chi connectivity index (χ1n) is 7.39. The van der Waals surface area contributed by atoms with Gasteiger partial charge in [-0.15, -0.1) is 0 Å². The molecule has 1 aromatic heterocycles. The normalized spacial score (nSPS) is 19.8. The minimum Gasteiger partial charge on any atom is -0.374 e. The van der Waals surface area contributed by atoms with Crippen LogP contribution in [0.3, 0.4) is 0 Å². The number of hydrogen-bond acceptors (Lipinski definition) is 7. The van der Waals surface area contributed by atoms with E-state index in [1.165, 1.54) is 6.26 Å². The van der Waals surface area contributed by atoms with Crippen LogP contribution in [0.15, 0.2) is 34.9 Å². The Kier molecular flexibility index (Phi) is 4.74. The lowest BCUT2D eigenvalue weighted by atomic mass is 10.2. The van der Waals surface area contributed by atoms with Crippen molar-refractivity contribution in [3.63, 3.8) is 0 Å². The second-order valence-corrected chi connectivity index (χ2v) is 7.88. The van der Waals surface area contributed by atoms with Crippen LogP contribution in [0.5, 0.6) is 0 Å². The molecule has 0 amide bonds. The second kappa shape index (κ2) is 6.77. The van der Waals surface area contributed by atoms with Crippen LogP contribution in [0.25, 0.3) is 11.4 Å². The summed E-state index contributed by atoms with van der Waals surface area (Å²) in [6, 6.07) is 9.61. The third-order valence-electron chi connectivity index (χ3n) is 3.57. The molecule has 23 heavy (non-hydrogen) atoms. The lowest BCUT2D eigenvalue weighted by Gasteiger charge is -2.31. The summed E-state index contributed by atoms with van der Waals surface area (Å²) in [5, 5.41) is 3.99. The quantitative estimate of drug-likeness (QED) is 0.804. The van der Waals surface area contributed by atoms with Gasteiger partial charge < -0.3 is 9.26 Å². The topological polar surface area (TPSA) is 85.5 Å². The van der Waals surface area contributed by atoms with Gasteiger partial charge >= 0.3 is 0 Å². The molecule has 0 aliphatic carbocycles. The Hall–Kier alpha value is -1.77. The van der Waals surface area contributed by atoms with Crippen molar-refractivity contribution in [1.29, 1.82) is 0 Å². The number of morpholine rings is 1. The molecule has 3 rings (SSSR count). The van der Waals surface area contributed by atoms with E-state index in [1.54, 1.807) is 0 Å². The Labute approximate surface area is 135 Å². The molecule has 8 heteroatoms. The van der Waals surface area contributed by atoms with Crippen LogP contribution >= 0.6 is 0 Å². The molecule has 0 saturated carbocycles. The molecule has 1 aliphatic rings. The van der Waals surface area contributed by atoms with Crippen molar-refractivity contribution in [2.45, 2.75) is 12.6 Å². The van der Waals surface area contributed by atoms with Crippen LogP contribution in [0, 0.1) is 0 Å². The largest absolute Gasteiger partial charge is 0.374 e. The van der Waals surface area contributed by atoms with Crippen LogP contribution in [0.4, 0.5) is 0 Å². The van der Waals surface area contributed by atoms with Gasteiger partial charge in [-0.1, -0.05) is 35.5 Å². The molecular weight excluding hydrogens is 318 g/mol. The fraction of sp³-hybridized carbons (Fsp3) is 0.467. The van der Waals surface area contributed by atoms with E-state index in [0.717, 1.165) is 5.56 Å². The van der Waals surface area contributed by atoms with Crippen molar-refractivity contribution in [1.82, 2.24) is 15.0 Å². The number of hydrogen-bond donors (Lipinski definition) is 0. The number of nitrogens with zero attached hydrogens (tertiary/aromatic N) is 3. The maximum absolute atomic E-state index is 11.4. The molecule has 1 unspecified atom stereocenters. The van der Waals surface area contributed by atoms with Crippen LogP contribution in [0.1, 0.15) is 5.89 Å².